The van der Waals surface area contributed by atoms with E-state index in [0.29, 0.717) is 6.10 Å². The molecule has 2 unspecified atom stereocenters. The second kappa shape index (κ2) is 4.97. The minimum Gasteiger partial charge on any atom is -0.377 e. The van der Waals surface area contributed by atoms with Crippen LogP contribution in [0.2, 0.25) is 0 Å². The number of hydrogen-bond donors (Lipinski definition) is 0. The highest BCUT2D eigenvalue weighted by atomic mass is 16.5. The highest BCUT2D eigenvalue weighted by molar-refractivity contribution is 4.84. The first-order chi connectivity index (χ1) is 6.13. The normalized spacial score (nSPS) is 30.2. The molecular formula is C11H23NO. The lowest BCUT2D eigenvalue weighted by Gasteiger charge is -2.20. The third kappa shape index (κ3) is 3.28. The van der Waals surface area contributed by atoms with Crippen molar-refractivity contribution in [2.75, 3.05) is 20.2 Å². The van der Waals surface area contributed by atoms with Gasteiger partial charge in [0.1, 0.15) is 0 Å². The Kier molecular flexibility index (Phi) is 4.20. The van der Waals surface area contributed by atoms with Crippen molar-refractivity contribution in [2.45, 2.75) is 45.8 Å². The van der Waals surface area contributed by atoms with Crippen molar-refractivity contribution in [2.24, 2.45) is 5.92 Å². The summed E-state index contributed by atoms with van der Waals surface area (Å²) in [6, 6.07) is 0.747. The first-order valence-electron chi connectivity index (χ1n) is 5.45. The van der Waals surface area contributed by atoms with Gasteiger partial charge in [0.25, 0.3) is 0 Å². The molecule has 2 atom stereocenters. The zero-order valence-electron chi connectivity index (χ0n) is 9.42. The Balaban J connectivity index is 2.32. The average molecular weight is 185 g/mol. The quantitative estimate of drug-likeness (QED) is 0.665. The van der Waals surface area contributed by atoms with Gasteiger partial charge in [-0.3, -0.25) is 0 Å². The molecule has 0 aliphatic carbocycles. The van der Waals surface area contributed by atoms with Crippen LogP contribution in [0.1, 0.15) is 33.6 Å². The van der Waals surface area contributed by atoms with Crippen LogP contribution in [0.3, 0.4) is 0 Å². The summed E-state index contributed by atoms with van der Waals surface area (Å²) in [6.45, 7) is 8.64. The van der Waals surface area contributed by atoms with Crippen LogP contribution in [0.5, 0.6) is 0 Å². The van der Waals surface area contributed by atoms with E-state index in [1.54, 1.807) is 0 Å². The summed E-state index contributed by atoms with van der Waals surface area (Å²) in [5, 5.41) is 0. The molecule has 0 bridgehead atoms. The van der Waals surface area contributed by atoms with Gasteiger partial charge in [0.2, 0.25) is 0 Å². The highest BCUT2D eigenvalue weighted by Crippen LogP contribution is 2.23. The summed E-state index contributed by atoms with van der Waals surface area (Å²) < 4.78 is 5.64. The number of hydrogen-bond acceptors (Lipinski definition) is 2. The van der Waals surface area contributed by atoms with Gasteiger partial charge in [-0.2, -0.15) is 0 Å². The summed E-state index contributed by atoms with van der Waals surface area (Å²) >= 11 is 0. The van der Waals surface area contributed by atoms with E-state index in [9.17, 15) is 0 Å². The predicted octanol–water partition coefficient (Wildman–Crippen LogP) is 2.14. The molecule has 2 nitrogen and oxygen atoms in total. The van der Waals surface area contributed by atoms with Crippen molar-refractivity contribution in [3.8, 4) is 0 Å². The maximum atomic E-state index is 5.64. The van der Waals surface area contributed by atoms with E-state index in [1.165, 1.54) is 12.8 Å². The molecule has 0 aromatic heterocycles. The van der Waals surface area contributed by atoms with E-state index in [1.807, 2.05) is 0 Å². The van der Waals surface area contributed by atoms with Gasteiger partial charge in [-0.15, -0.1) is 0 Å². The highest BCUT2D eigenvalue weighted by Gasteiger charge is 2.29. The Morgan fingerprint density at radius 1 is 1.46 bits per heavy atom. The van der Waals surface area contributed by atoms with Crippen molar-refractivity contribution >= 4 is 0 Å². The molecule has 1 aliphatic rings. The van der Waals surface area contributed by atoms with Crippen LogP contribution < -0.4 is 0 Å². The molecule has 13 heavy (non-hydrogen) atoms. The van der Waals surface area contributed by atoms with Gasteiger partial charge in [0.15, 0.2) is 0 Å². The maximum Gasteiger partial charge on any atom is 0.0716 e. The Morgan fingerprint density at radius 2 is 2.15 bits per heavy atom. The molecule has 0 aromatic rings. The number of rotatable bonds is 4. The van der Waals surface area contributed by atoms with Gasteiger partial charge in [-0.25, -0.2) is 0 Å². The molecule has 1 heterocycles. The lowest BCUT2D eigenvalue weighted by atomic mass is 10.0. The minimum atomic E-state index is 0.485. The van der Waals surface area contributed by atoms with Gasteiger partial charge in [0, 0.05) is 19.2 Å². The Hall–Kier alpha value is -0.0800. The van der Waals surface area contributed by atoms with Crippen LogP contribution in [0.25, 0.3) is 0 Å². The average Bonchev–Trinajstić information content (AvgIpc) is 2.31. The van der Waals surface area contributed by atoms with E-state index in [0.717, 1.165) is 25.1 Å². The van der Waals surface area contributed by atoms with Gasteiger partial charge in [-0.1, -0.05) is 13.8 Å². The van der Waals surface area contributed by atoms with Crippen LogP contribution >= 0.6 is 0 Å². The van der Waals surface area contributed by atoms with E-state index in [-0.39, 0.29) is 0 Å². The monoisotopic (exact) mass is 185 g/mol. The molecule has 78 valence electrons. The Morgan fingerprint density at radius 3 is 2.69 bits per heavy atom. The first-order valence-corrected chi connectivity index (χ1v) is 5.45. The molecule has 1 fully saturated rings. The molecule has 2 heteroatoms. The predicted molar refractivity (Wildman–Crippen MR) is 55.9 cm³/mol. The number of likely N-dealkylation sites (tertiary alicyclic amines) is 1. The van der Waals surface area contributed by atoms with Gasteiger partial charge >= 0.3 is 0 Å². The van der Waals surface area contributed by atoms with Crippen molar-refractivity contribution in [3.63, 3.8) is 0 Å². The molecule has 0 aromatic carbocycles. The zero-order chi connectivity index (χ0) is 9.84. The number of ether oxygens (including phenoxy) is 1. The third-order valence-corrected chi connectivity index (χ3v) is 2.80. The van der Waals surface area contributed by atoms with Gasteiger partial charge < -0.3 is 9.64 Å². The molecule has 0 radical (unpaired) electrons. The molecule has 0 spiro atoms. The topological polar surface area (TPSA) is 12.5 Å². The number of likely N-dealkylation sites (N-methyl/N-ethyl adjacent to an activating group) is 1. The molecule has 1 aliphatic heterocycles. The number of nitrogens with zero attached hydrogens (tertiary/aromatic N) is 1. The van der Waals surface area contributed by atoms with Crippen LogP contribution in [0.4, 0.5) is 0 Å². The molecule has 0 saturated carbocycles. The summed E-state index contributed by atoms with van der Waals surface area (Å²) in [6.07, 6.45) is 3.02. The van der Waals surface area contributed by atoms with Gasteiger partial charge in [0.05, 0.1) is 6.10 Å². The minimum absolute atomic E-state index is 0.485. The van der Waals surface area contributed by atoms with Crippen molar-refractivity contribution < 1.29 is 4.74 Å². The van der Waals surface area contributed by atoms with E-state index in [4.69, 9.17) is 4.74 Å². The fourth-order valence-electron chi connectivity index (χ4n) is 2.20. The maximum absolute atomic E-state index is 5.64. The lowest BCUT2D eigenvalue weighted by Crippen LogP contribution is -2.26. The zero-order valence-corrected chi connectivity index (χ0v) is 9.42. The van der Waals surface area contributed by atoms with Crippen LogP contribution in [-0.2, 0) is 4.74 Å². The van der Waals surface area contributed by atoms with Crippen LogP contribution in [-0.4, -0.2) is 37.2 Å². The first kappa shape index (κ1) is 11.0. The SMILES string of the molecule is CCOC1CC(CC(C)C)N(C)C1. The second-order valence-electron chi connectivity index (χ2n) is 4.54. The summed E-state index contributed by atoms with van der Waals surface area (Å²) in [5.74, 6) is 0.799. The largest absolute Gasteiger partial charge is 0.377 e. The van der Waals surface area contributed by atoms with Crippen molar-refractivity contribution in [1.82, 2.24) is 4.90 Å². The molecule has 0 amide bonds. The van der Waals surface area contributed by atoms with Gasteiger partial charge in [-0.05, 0) is 32.7 Å². The van der Waals surface area contributed by atoms with Crippen molar-refractivity contribution in [3.05, 3.63) is 0 Å². The second-order valence-corrected chi connectivity index (χ2v) is 4.54. The summed E-state index contributed by atoms with van der Waals surface area (Å²) in [4.78, 5) is 2.44. The summed E-state index contributed by atoms with van der Waals surface area (Å²) in [5.41, 5.74) is 0. The fourth-order valence-corrected chi connectivity index (χ4v) is 2.20. The smallest absolute Gasteiger partial charge is 0.0716 e. The standard InChI is InChI=1S/C11H23NO/c1-5-13-11-7-10(6-9(2)3)12(4)8-11/h9-11H,5-8H2,1-4H3. The molecule has 0 N–H and O–H groups in total. The van der Waals surface area contributed by atoms with E-state index in [2.05, 4.69) is 32.7 Å². The van der Waals surface area contributed by atoms with Crippen LogP contribution in [0.15, 0.2) is 0 Å². The van der Waals surface area contributed by atoms with Crippen LogP contribution in [0, 0.1) is 5.92 Å². The Labute approximate surface area is 82.3 Å². The lowest BCUT2D eigenvalue weighted by molar-refractivity contribution is 0.0707. The Bertz CT molecular complexity index is 147. The fraction of sp³-hybridized carbons (Fsp3) is 1.00. The summed E-state index contributed by atoms with van der Waals surface area (Å²) in [7, 11) is 2.21. The molecule has 1 rings (SSSR count). The molecular weight excluding hydrogens is 162 g/mol. The third-order valence-electron chi connectivity index (χ3n) is 2.80. The van der Waals surface area contributed by atoms with Crippen molar-refractivity contribution in [1.29, 1.82) is 0 Å². The molecule has 1 saturated heterocycles. The van der Waals surface area contributed by atoms with E-state index >= 15 is 0 Å². The van der Waals surface area contributed by atoms with E-state index < -0.39 is 0 Å².